The van der Waals surface area contributed by atoms with Crippen LogP contribution >= 0.6 is 0 Å². The minimum atomic E-state index is -1.23. The lowest BCUT2D eigenvalue weighted by molar-refractivity contribution is -0.384. The summed E-state index contributed by atoms with van der Waals surface area (Å²) in [7, 11) is 0. The molecule has 1 atom stereocenters. The van der Waals surface area contributed by atoms with Gasteiger partial charge in [-0.2, -0.15) is 0 Å². The van der Waals surface area contributed by atoms with Gasteiger partial charge in [-0.1, -0.05) is 18.2 Å². The first kappa shape index (κ1) is 14.0. The van der Waals surface area contributed by atoms with Crippen molar-refractivity contribution in [2.75, 3.05) is 0 Å². The van der Waals surface area contributed by atoms with Crippen LogP contribution in [0, 0.1) is 10.1 Å². The van der Waals surface area contributed by atoms with Gasteiger partial charge in [0.05, 0.1) is 10.5 Å². The molecule has 1 unspecified atom stereocenters. The van der Waals surface area contributed by atoms with Crippen molar-refractivity contribution in [3.8, 4) is 0 Å². The number of hydrogen-bond acceptors (Lipinski definition) is 5. The molecule has 1 aliphatic heterocycles. The van der Waals surface area contributed by atoms with Gasteiger partial charge in [-0.25, -0.2) is 4.79 Å². The zero-order valence-electron chi connectivity index (χ0n) is 11.3. The van der Waals surface area contributed by atoms with Gasteiger partial charge in [0.15, 0.2) is 0 Å². The lowest BCUT2D eigenvalue weighted by atomic mass is 10.0. The van der Waals surface area contributed by atoms with Gasteiger partial charge in [-0.15, -0.1) is 0 Å². The molecule has 0 saturated heterocycles. The highest BCUT2D eigenvalue weighted by Gasteiger charge is 2.29. The summed E-state index contributed by atoms with van der Waals surface area (Å²) in [5.41, 5.74) is 2.43. The van der Waals surface area contributed by atoms with E-state index in [-0.39, 0.29) is 5.69 Å². The highest BCUT2D eigenvalue weighted by molar-refractivity contribution is 5.94. The number of rotatable bonds is 3. The summed E-state index contributed by atoms with van der Waals surface area (Å²) < 4.78 is 4.71. The normalized spacial score (nSPS) is 16.6. The van der Waals surface area contributed by atoms with Crippen molar-refractivity contribution in [2.24, 2.45) is 0 Å². The second-order valence-electron chi connectivity index (χ2n) is 4.79. The van der Waals surface area contributed by atoms with Crippen molar-refractivity contribution in [2.45, 2.75) is 6.29 Å². The van der Waals surface area contributed by atoms with Crippen LogP contribution < -0.4 is 0 Å². The van der Waals surface area contributed by atoms with E-state index in [0.717, 1.165) is 11.1 Å². The van der Waals surface area contributed by atoms with E-state index in [1.165, 1.54) is 12.1 Å². The maximum Gasteiger partial charge on any atom is 0.341 e. The maximum absolute atomic E-state index is 11.4. The molecule has 0 amide bonds. The third-order valence-electron chi connectivity index (χ3n) is 3.35. The molecule has 2 aromatic rings. The Balaban J connectivity index is 1.83. The average Bonchev–Trinajstić information content (AvgIpc) is 2.80. The summed E-state index contributed by atoms with van der Waals surface area (Å²) in [5.74, 6) is -0.534. The second-order valence-corrected chi connectivity index (χ2v) is 4.79. The minimum absolute atomic E-state index is 0.0356. The molecule has 110 valence electrons. The second kappa shape index (κ2) is 5.42. The van der Waals surface area contributed by atoms with E-state index >= 15 is 0 Å². The third-order valence-corrected chi connectivity index (χ3v) is 3.35. The fraction of sp³-hybridized carbons (Fsp3) is 0.0625. The van der Waals surface area contributed by atoms with Crippen molar-refractivity contribution >= 4 is 23.8 Å². The van der Waals surface area contributed by atoms with Gasteiger partial charge in [-0.3, -0.25) is 10.1 Å². The number of carbonyl (C=O) groups excluding carboxylic acids is 1. The SMILES string of the molecule is O=C1OC(O)c2cc(/C=C/c3ccc([N+](=O)[O-])cc3)ccc21. The van der Waals surface area contributed by atoms with Gasteiger partial charge in [0, 0.05) is 17.7 Å². The van der Waals surface area contributed by atoms with Crippen LogP contribution in [0.1, 0.15) is 33.3 Å². The van der Waals surface area contributed by atoms with Gasteiger partial charge < -0.3 is 9.84 Å². The molecule has 0 aliphatic carbocycles. The first-order valence-electron chi connectivity index (χ1n) is 6.50. The first-order valence-corrected chi connectivity index (χ1v) is 6.50. The van der Waals surface area contributed by atoms with Crippen molar-refractivity contribution in [1.82, 2.24) is 0 Å². The quantitative estimate of drug-likeness (QED) is 0.407. The molecule has 0 radical (unpaired) electrons. The largest absolute Gasteiger partial charge is 0.428 e. The van der Waals surface area contributed by atoms with Crippen molar-refractivity contribution in [1.29, 1.82) is 0 Å². The molecule has 0 saturated carbocycles. The third kappa shape index (κ3) is 2.59. The lowest BCUT2D eigenvalue weighted by Crippen LogP contribution is -1.95. The molecule has 6 nitrogen and oxygen atoms in total. The standard InChI is InChI=1S/C16H11NO5/c18-15-13-8-5-11(9-14(13)16(19)22-15)2-1-10-3-6-12(7-4-10)17(20)21/h1-9,16,19H/b2-1+. The van der Waals surface area contributed by atoms with Crippen LogP contribution in [0.25, 0.3) is 12.2 Å². The highest BCUT2D eigenvalue weighted by atomic mass is 16.6. The number of nitro benzene ring substituents is 1. The predicted molar refractivity (Wildman–Crippen MR) is 78.8 cm³/mol. The fourth-order valence-corrected chi connectivity index (χ4v) is 2.20. The fourth-order valence-electron chi connectivity index (χ4n) is 2.20. The molecule has 6 heteroatoms. The number of hydrogen-bond donors (Lipinski definition) is 1. The van der Waals surface area contributed by atoms with E-state index in [1.54, 1.807) is 42.5 Å². The Morgan fingerprint density at radius 1 is 1.09 bits per heavy atom. The van der Waals surface area contributed by atoms with E-state index in [9.17, 15) is 20.0 Å². The Hall–Kier alpha value is -2.99. The highest BCUT2D eigenvalue weighted by Crippen LogP contribution is 2.29. The van der Waals surface area contributed by atoms with Crippen molar-refractivity contribution in [3.05, 3.63) is 74.8 Å². The van der Waals surface area contributed by atoms with Crippen LogP contribution in [0.2, 0.25) is 0 Å². The Morgan fingerprint density at radius 3 is 2.41 bits per heavy atom. The number of cyclic esters (lactones) is 1. The minimum Gasteiger partial charge on any atom is -0.428 e. The van der Waals surface area contributed by atoms with Crippen molar-refractivity contribution < 1.29 is 19.6 Å². The molecule has 0 bridgehead atoms. The molecule has 1 aliphatic rings. The maximum atomic E-state index is 11.4. The zero-order valence-corrected chi connectivity index (χ0v) is 11.3. The first-order chi connectivity index (χ1) is 10.5. The Labute approximate surface area is 125 Å². The van der Waals surface area contributed by atoms with Gasteiger partial charge in [-0.05, 0) is 35.4 Å². The van der Waals surface area contributed by atoms with Crippen LogP contribution in [0.5, 0.6) is 0 Å². The summed E-state index contributed by atoms with van der Waals surface area (Å²) in [4.78, 5) is 21.5. The smallest absolute Gasteiger partial charge is 0.341 e. The van der Waals surface area contributed by atoms with E-state index in [2.05, 4.69) is 0 Å². The number of non-ortho nitro benzene ring substituents is 1. The van der Waals surface area contributed by atoms with Gasteiger partial charge in [0.2, 0.25) is 6.29 Å². The summed E-state index contributed by atoms with van der Waals surface area (Å²) >= 11 is 0. The predicted octanol–water partition coefficient (Wildman–Crippen LogP) is 2.93. The van der Waals surface area contributed by atoms with E-state index < -0.39 is 17.2 Å². The molecule has 1 N–H and O–H groups in total. The lowest BCUT2D eigenvalue weighted by Gasteiger charge is -2.02. The van der Waals surface area contributed by atoms with Crippen molar-refractivity contribution in [3.63, 3.8) is 0 Å². The Bertz CT molecular complexity index is 780. The molecule has 2 aromatic carbocycles. The number of nitro groups is 1. The van der Waals surface area contributed by atoms with Gasteiger partial charge in [0.25, 0.3) is 5.69 Å². The van der Waals surface area contributed by atoms with Gasteiger partial charge in [0.1, 0.15) is 0 Å². The number of esters is 1. The van der Waals surface area contributed by atoms with Crippen LogP contribution in [0.4, 0.5) is 5.69 Å². The van der Waals surface area contributed by atoms with Crippen LogP contribution in [-0.2, 0) is 4.74 Å². The summed E-state index contributed by atoms with van der Waals surface area (Å²) in [5, 5.41) is 20.2. The van der Waals surface area contributed by atoms with Crippen LogP contribution in [0.15, 0.2) is 42.5 Å². The van der Waals surface area contributed by atoms with E-state index in [1.807, 2.05) is 0 Å². The number of fused-ring (bicyclic) bond motifs is 1. The summed E-state index contributed by atoms with van der Waals surface area (Å²) in [6.45, 7) is 0. The van der Waals surface area contributed by atoms with E-state index in [4.69, 9.17) is 4.74 Å². The number of aliphatic hydroxyl groups is 1. The molecule has 0 aromatic heterocycles. The van der Waals surface area contributed by atoms with Crippen LogP contribution in [-0.4, -0.2) is 16.0 Å². The molecular formula is C16H11NO5. The number of carbonyl (C=O) groups is 1. The molecule has 0 fully saturated rings. The summed E-state index contributed by atoms with van der Waals surface area (Å²) in [6, 6.07) is 11.2. The average molecular weight is 297 g/mol. The number of ether oxygens (including phenoxy) is 1. The zero-order chi connectivity index (χ0) is 15.7. The Morgan fingerprint density at radius 2 is 1.73 bits per heavy atom. The topological polar surface area (TPSA) is 89.7 Å². The summed E-state index contributed by atoms with van der Waals surface area (Å²) in [6.07, 6.45) is 2.35. The molecule has 22 heavy (non-hydrogen) atoms. The monoisotopic (exact) mass is 297 g/mol. The number of nitrogens with zero attached hydrogens (tertiary/aromatic N) is 1. The Kier molecular flexibility index (Phi) is 3.44. The molecule has 1 heterocycles. The number of aliphatic hydroxyl groups excluding tert-OH is 1. The van der Waals surface area contributed by atoms with Crippen LogP contribution in [0.3, 0.4) is 0 Å². The van der Waals surface area contributed by atoms with E-state index in [0.29, 0.717) is 11.1 Å². The van der Waals surface area contributed by atoms with Gasteiger partial charge >= 0.3 is 5.97 Å². The number of benzene rings is 2. The molecule has 3 rings (SSSR count). The molecular weight excluding hydrogens is 286 g/mol. The molecule has 0 spiro atoms.